The average Bonchev–Trinajstić information content (AvgIpc) is 2.92. The van der Waals surface area contributed by atoms with E-state index in [0.717, 1.165) is 5.56 Å². The van der Waals surface area contributed by atoms with Crippen molar-refractivity contribution in [2.24, 2.45) is 5.92 Å². The van der Waals surface area contributed by atoms with Crippen molar-refractivity contribution in [2.45, 2.75) is 33.4 Å². The molecule has 0 aliphatic heterocycles. The van der Waals surface area contributed by atoms with Gasteiger partial charge in [0.15, 0.2) is 0 Å². The van der Waals surface area contributed by atoms with E-state index in [2.05, 4.69) is 15.8 Å². The van der Waals surface area contributed by atoms with Gasteiger partial charge in [0.1, 0.15) is 5.02 Å². The fourth-order valence-corrected chi connectivity index (χ4v) is 2.83. The molecule has 108 valence electrons. The molecule has 2 aromatic heterocycles. The van der Waals surface area contributed by atoms with Crippen molar-refractivity contribution in [1.29, 1.82) is 0 Å². The third-order valence-electron chi connectivity index (χ3n) is 2.94. The first-order valence-electron chi connectivity index (χ1n) is 6.53. The van der Waals surface area contributed by atoms with E-state index in [0.29, 0.717) is 18.2 Å². The smallest absolute Gasteiger partial charge is 0.287 e. The SMILES string of the molecule is CC(C)Cn1ncc(NC(C)c2ccsc2)c(Cl)c1=O. The number of hydrogen-bond acceptors (Lipinski definition) is 4. The summed E-state index contributed by atoms with van der Waals surface area (Å²) in [6.45, 7) is 6.66. The van der Waals surface area contributed by atoms with E-state index in [1.807, 2.05) is 32.2 Å². The van der Waals surface area contributed by atoms with Gasteiger partial charge in [-0.25, -0.2) is 4.68 Å². The number of anilines is 1. The van der Waals surface area contributed by atoms with Gasteiger partial charge in [-0.1, -0.05) is 25.4 Å². The quantitative estimate of drug-likeness (QED) is 0.914. The molecule has 0 aliphatic carbocycles. The highest BCUT2D eigenvalue weighted by atomic mass is 35.5. The lowest BCUT2D eigenvalue weighted by molar-refractivity contribution is 0.464. The van der Waals surface area contributed by atoms with Crippen molar-refractivity contribution in [3.8, 4) is 0 Å². The zero-order chi connectivity index (χ0) is 14.7. The van der Waals surface area contributed by atoms with Gasteiger partial charge in [-0.2, -0.15) is 16.4 Å². The third kappa shape index (κ3) is 3.41. The predicted octanol–water partition coefficient (Wildman–Crippen LogP) is 3.79. The van der Waals surface area contributed by atoms with Gasteiger partial charge in [0.05, 0.1) is 11.9 Å². The number of halogens is 1. The first-order chi connectivity index (χ1) is 9.49. The Hall–Kier alpha value is -1.33. The van der Waals surface area contributed by atoms with Crippen LogP contribution in [0, 0.1) is 5.92 Å². The fraction of sp³-hybridized carbons (Fsp3) is 0.429. The second kappa shape index (κ2) is 6.41. The summed E-state index contributed by atoms with van der Waals surface area (Å²) >= 11 is 7.79. The number of thiophene rings is 1. The second-order valence-corrected chi connectivity index (χ2v) is 6.33. The van der Waals surface area contributed by atoms with E-state index in [-0.39, 0.29) is 16.6 Å². The standard InChI is InChI=1S/C14H18ClN3OS/c1-9(2)7-18-14(19)13(15)12(6-16-18)17-10(3)11-4-5-20-8-11/h4-6,8-10,17H,7H2,1-3H3. The normalized spacial score (nSPS) is 12.7. The van der Waals surface area contributed by atoms with Crippen molar-refractivity contribution < 1.29 is 0 Å². The van der Waals surface area contributed by atoms with Gasteiger partial charge in [-0.3, -0.25) is 4.79 Å². The molecule has 2 aromatic rings. The first-order valence-corrected chi connectivity index (χ1v) is 7.85. The summed E-state index contributed by atoms with van der Waals surface area (Å²) in [6.07, 6.45) is 1.62. The maximum atomic E-state index is 12.1. The maximum Gasteiger partial charge on any atom is 0.287 e. The number of hydrogen-bond donors (Lipinski definition) is 1. The molecule has 1 atom stereocenters. The Balaban J connectivity index is 2.21. The lowest BCUT2D eigenvalue weighted by Crippen LogP contribution is -2.26. The molecule has 0 bridgehead atoms. The van der Waals surface area contributed by atoms with Crippen molar-refractivity contribution in [3.05, 3.63) is 44.0 Å². The Labute approximate surface area is 127 Å². The topological polar surface area (TPSA) is 46.9 Å². The van der Waals surface area contributed by atoms with Crippen molar-refractivity contribution in [3.63, 3.8) is 0 Å². The summed E-state index contributed by atoms with van der Waals surface area (Å²) < 4.78 is 1.41. The van der Waals surface area contributed by atoms with Gasteiger partial charge < -0.3 is 5.32 Å². The minimum absolute atomic E-state index is 0.0842. The Morgan fingerprint density at radius 2 is 2.20 bits per heavy atom. The summed E-state index contributed by atoms with van der Waals surface area (Å²) in [4.78, 5) is 12.1. The molecular weight excluding hydrogens is 294 g/mol. The molecular formula is C14H18ClN3OS. The highest BCUT2D eigenvalue weighted by Crippen LogP contribution is 2.24. The van der Waals surface area contributed by atoms with Crippen LogP contribution >= 0.6 is 22.9 Å². The van der Waals surface area contributed by atoms with Gasteiger partial charge in [0, 0.05) is 12.6 Å². The predicted molar refractivity (Wildman–Crippen MR) is 84.7 cm³/mol. The van der Waals surface area contributed by atoms with Crippen molar-refractivity contribution in [1.82, 2.24) is 9.78 Å². The molecule has 6 heteroatoms. The van der Waals surface area contributed by atoms with Crippen LogP contribution in [0.2, 0.25) is 5.02 Å². The minimum Gasteiger partial charge on any atom is -0.376 e. The van der Waals surface area contributed by atoms with Crippen LogP contribution in [0.15, 0.2) is 27.8 Å². The van der Waals surface area contributed by atoms with Crippen LogP contribution in [-0.4, -0.2) is 9.78 Å². The molecule has 0 aliphatic rings. The lowest BCUT2D eigenvalue weighted by Gasteiger charge is -2.16. The van der Waals surface area contributed by atoms with E-state index < -0.39 is 0 Å². The largest absolute Gasteiger partial charge is 0.376 e. The van der Waals surface area contributed by atoms with Crippen LogP contribution in [0.3, 0.4) is 0 Å². The van der Waals surface area contributed by atoms with E-state index in [9.17, 15) is 4.79 Å². The number of nitrogens with zero attached hydrogens (tertiary/aromatic N) is 2. The molecule has 0 spiro atoms. The molecule has 4 nitrogen and oxygen atoms in total. The highest BCUT2D eigenvalue weighted by Gasteiger charge is 2.13. The molecule has 1 N–H and O–H groups in total. The molecule has 0 fully saturated rings. The summed E-state index contributed by atoms with van der Waals surface area (Å²) in [6, 6.07) is 2.13. The van der Waals surface area contributed by atoms with Crippen LogP contribution in [-0.2, 0) is 6.54 Å². The van der Waals surface area contributed by atoms with Crippen LogP contribution in [0.4, 0.5) is 5.69 Å². The van der Waals surface area contributed by atoms with Crippen LogP contribution in [0.25, 0.3) is 0 Å². The Kier molecular flexibility index (Phi) is 4.83. The summed E-state index contributed by atoms with van der Waals surface area (Å²) in [5, 5.41) is 11.7. The van der Waals surface area contributed by atoms with Crippen LogP contribution in [0.5, 0.6) is 0 Å². The zero-order valence-electron chi connectivity index (χ0n) is 11.8. The van der Waals surface area contributed by atoms with Crippen molar-refractivity contribution >= 4 is 28.6 Å². The first kappa shape index (κ1) is 15.1. The fourth-order valence-electron chi connectivity index (χ4n) is 1.88. The van der Waals surface area contributed by atoms with Gasteiger partial charge >= 0.3 is 0 Å². The van der Waals surface area contributed by atoms with E-state index in [4.69, 9.17) is 11.6 Å². The van der Waals surface area contributed by atoms with E-state index >= 15 is 0 Å². The van der Waals surface area contributed by atoms with E-state index in [1.54, 1.807) is 17.5 Å². The third-order valence-corrected chi connectivity index (χ3v) is 4.00. The van der Waals surface area contributed by atoms with Gasteiger partial charge in [-0.05, 0) is 35.2 Å². The van der Waals surface area contributed by atoms with Gasteiger partial charge in [0.2, 0.25) is 0 Å². The second-order valence-electron chi connectivity index (χ2n) is 5.18. The van der Waals surface area contributed by atoms with Crippen molar-refractivity contribution in [2.75, 3.05) is 5.32 Å². The average molecular weight is 312 g/mol. The minimum atomic E-state index is -0.247. The number of rotatable bonds is 5. The summed E-state index contributed by atoms with van der Waals surface area (Å²) in [7, 11) is 0. The summed E-state index contributed by atoms with van der Waals surface area (Å²) in [5.41, 5.74) is 1.50. The highest BCUT2D eigenvalue weighted by molar-refractivity contribution is 7.08. The molecule has 0 aromatic carbocycles. The van der Waals surface area contributed by atoms with Gasteiger partial charge in [-0.15, -0.1) is 0 Å². The summed E-state index contributed by atoms with van der Waals surface area (Å²) in [5.74, 6) is 0.347. The molecule has 2 rings (SSSR count). The monoisotopic (exact) mass is 311 g/mol. The zero-order valence-corrected chi connectivity index (χ0v) is 13.3. The molecule has 0 radical (unpaired) electrons. The lowest BCUT2D eigenvalue weighted by atomic mass is 10.2. The molecule has 0 saturated heterocycles. The van der Waals surface area contributed by atoms with Gasteiger partial charge in [0.25, 0.3) is 5.56 Å². The molecule has 2 heterocycles. The molecule has 0 saturated carbocycles. The van der Waals surface area contributed by atoms with Crippen LogP contribution in [0.1, 0.15) is 32.4 Å². The molecule has 0 amide bonds. The Morgan fingerprint density at radius 1 is 1.45 bits per heavy atom. The molecule has 1 unspecified atom stereocenters. The van der Waals surface area contributed by atoms with E-state index in [1.165, 1.54) is 4.68 Å². The number of aromatic nitrogens is 2. The Morgan fingerprint density at radius 3 is 2.80 bits per heavy atom. The Bertz CT molecular complexity index is 622. The number of nitrogens with one attached hydrogen (secondary N) is 1. The molecule has 20 heavy (non-hydrogen) atoms. The maximum absolute atomic E-state index is 12.1. The van der Waals surface area contributed by atoms with Crippen LogP contribution < -0.4 is 10.9 Å².